The van der Waals surface area contributed by atoms with E-state index in [1.54, 1.807) is 0 Å². The Labute approximate surface area is 293 Å². The van der Waals surface area contributed by atoms with Crippen molar-refractivity contribution in [1.82, 2.24) is 9.38 Å². The Kier molecular flexibility index (Phi) is 5.84. The summed E-state index contributed by atoms with van der Waals surface area (Å²) < 4.78 is 7.32. The molecule has 244 valence electrons. The average Bonchev–Trinajstić information content (AvgIpc) is 3.63. The molecule has 0 amide bonds. The van der Waals surface area contributed by atoms with Crippen molar-refractivity contribution >= 4 is 43.9 Å². The van der Waals surface area contributed by atoms with Gasteiger partial charge >= 0.3 is 0 Å². The van der Waals surface area contributed by atoms with Crippen LogP contribution in [-0.4, -0.2) is 9.38 Å². The quantitative estimate of drug-likeness (QED) is 0.150. The fourth-order valence-corrected chi connectivity index (χ4v) is 9.52. The van der Waals surface area contributed by atoms with Crippen LogP contribution in [0.2, 0.25) is 0 Å². The van der Waals surface area contributed by atoms with E-state index in [1.807, 2.05) is 0 Å². The lowest BCUT2D eigenvalue weighted by Gasteiger charge is -2.45. The maximum atomic E-state index is 5.91. The Morgan fingerprint density at radius 1 is 0.740 bits per heavy atom. The zero-order valence-electron chi connectivity index (χ0n) is 29.6. The van der Waals surface area contributed by atoms with Crippen LogP contribution in [0.5, 0.6) is 0 Å². The van der Waals surface area contributed by atoms with Gasteiger partial charge in [-0.05, 0) is 85.4 Å². The van der Waals surface area contributed by atoms with Crippen molar-refractivity contribution in [3.63, 3.8) is 0 Å². The van der Waals surface area contributed by atoms with Gasteiger partial charge in [-0.1, -0.05) is 57.2 Å². The molecule has 0 N–H and O–H groups in total. The smallest absolute Gasteiger partial charge is 0.218 e. The van der Waals surface area contributed by atoms with E-state index in [9.17, 15) is 0 Å². The zero-order valence-corrected chi connectivity index (χ0v) is 29.6. The second kappa shape index (κ2) is 9.88. The van der Waals surface area contributed by atoms with Crippen molar-refractivity contribution in [3.8, 4) is 22.5 Å². The van der Waals surface area contributed by atoms with Gasteiger partial charge < -0.3 is 0 Å². The lowest BCUT2D eigenvalue weighted by molar-refractivity contribution is -0.766. The first kappa shape index (κ1) is 29.6. The Bertz CT molecular complexity index is 2720. The Balaban J connectivity index is 1.32. The van der Waals surface area contributed by atoms with Crippen LogP contribution in [0.3, 0.4) is 0 Å². The highest BCUT2D eigenvalue weighted by molar-refractivity contribution is 6.23. The molecule has 10 rings (SSSR count). The van der Waals surface area contributed by atoms with E-state index >= 15 is 0 Å². The molecule has 7 heterocycles. The summed E-state index contributed by atoms with van der Waals surface area (Å²) in [4.78, 5) is 5.91. The minimum absolute atomic E-state index is 0.0153. The standard InChI is InChI=1S/C46H42N4/c1-29-28-46(6)45(5,22-21-30-15-7-8-16-32(30)38-18-11-13-23-48(29)38)42-37(39-19-12-14-24-49(39)46)27-36-35-26-31(44(2,3)4)25-34-33-17-9-10-20-40(33)50(41(34)35)43(36)47-42/h7-20,23-27H,1,21-22,28H2,2-6H3/q+2. The molecular weight excluding hydrogens is 609 g/mol. The molecule has 0 fully saturated rings. The van der Waals surface area contributed by atoms with Gasteiger partial charge in [0.05, 0.1) is 34.1 Å². The summed E-state index contributed by atoms with van der Waals surface area (Å²) in [6, 6.07) is 38.3. The van der Waals surface area contributed by atoms with Gasteiger partial charge in [0.15, 0.2) is 23.6 Å². The second-order valence-electron chi connectivity index (χ2n) is 16.2. The van der Waals surface area contributed by atoms with Crippen molar-refractivity contribution in [3.05, 3.63) is 139 Å². The molecule has 2 unspecified atom stereocenters. The van der Waals surface area contributed by atoms with E-state index in [0.29, 0.717) is 0 Å². The van der Waals surface area contributed by atoms with Crippen molar-refractivity contribution in [1.29, 1.82) is 0 Å². The van der Waals surface area contributed by atoms with E-state index < -0.39 is 0 Å². The number of pyridine rings is 3. The molecule has 2 atom stereocenters. The van der Waals surface area contributed by atoms with Crippen molar-refractivity contribution in [2.24, 2.45) is 0 Å². The minimum Gasteiger partial charge on any atom is -0.293 e. The summed E-state index contributed by atoms with van der Waals surface area (Å²) in [5.41, 5.74) is 12.8. The average molecular weight is 651 g/mol. The molecule has 0 radical (unpaired) electrons. The number of benzene rings is 3. The molecule has 5 aromatic heterocycles. The van der Waals surface area contributed by atoms with E-state index in [-0.39, 0.29) is 16.4 Å². The predicted molar refractivity (Wildman–Crippen MR) is 205 cm³/mol. The lowest BCUT2D eigenvalue weighted by atomic mass is 9.60. The van der Waals surface area contributed by atoms with Crippen LogP contribution in [0.25, 0.3) is 66.4 Å². The molecule has 4 heteroatoms. The molecule has 3 aromatic carbocycles. The first-order valence-corrected chi connectivity index (χ1v) is 18.0. The number of aryl methyl sites for hydroxylation is 1. The van der Waals surface area contributed by atoms with Gasteiger partial charge in [-0.2, -0.15) is 9.13 Å². The fraction of sp³-hybridized carbons (Fsp3) is 0.239. The van der Waals surface area contributed by atoms with Crippen LogP contribution >= 0.6 is 0 Å². The van der Waals surface area contributed by atoms with Gasteiger partial charge in [-0.25, -0.2) is 4.98 Å². The summed E-state index contributed by atoms with van der Waals surface area (Å²) in [5.74, 6) is 0. The molecular formula is C46H42N4+2. The Morgan fingerprint density at radius 2 is 1.44 bits per heavy atom. The maximum absolute atomic E-state index is 5.91. The third-order valence-electron chi connectivity index (χ3n) is 12.5. The first-order valence-electron chi connectivity index (χ1n) is 18.0. The van der Waals surface area contributed by atoms with Crippen molar-refractivity contribution in [2.45, 2.75) is 70.3 Å². The second-order valence-corrected chi connectivity index (χ2v) is 16.2. The van der Waals surface area contributed by atoms with Gasteiger partial charge in [0, 0.05) is 58.3 Å². The molecule has 0 spiro atoms. The molecule has 0 saturated carbocycles. The molecule has 4 nitrogen and oxygen atoms in total. The first-order chi connectivity index (χ1) is 24.1. The third-order valence-corrected chi connectivity index (χ3v) is 12.5. The van der Waals surface area contributed by atoms with Crippen LogP contribution in [0.15, 0.2) is 122 Å². The van der Waals surface area contributed by atoms with E-state index in [4.69, 9.17) is 11.6 Å². The highest BCUT2D eigenvalue weighted by atomic mass is 15.1. The maximum Gasteiger partial charge on any atom is 0.218 e. The summed E-state index contributed by atoms with van der Waals surface area (Å²) in [5, 5.41) is 5.12. The summed E-state index contributed by atoms with van der Waals surface area (Å²) in [7, 11) is 0. The number of rotatable bonds is 0. The number of nitrogens with zero attached hydrogens (tertiary/aromatic N) is 4. The summed E-state index contributed by atoms with van der Waals surface area (Å²) >= 11 is 0. The molecule has 0 bridgehead atoms. The molecule has 0 aliphatic carbocycles. The molecule has 2 aliphatic rings. The van der Waals surface area contributed by atoms with Crippen molar-refractivity contribution in [2.75, 3.05) is 0 Å². The summed E-state index contributed by atoms with van der Waals surface area (Å²) in [6.45, 7) is 16.7. The zero-order chi connectivity index (χ0) is 34.2. The molecule has 50 heavy (non-hydrogen) atoms. The van der Waals surface area contributed by atoms with E-state index in [0.717, 1.165) is 30.6 Å². The van der Waals surface area contributed by atoms with Gasteiger partial charge in [0.25, 0.3) is 0 Å². The number of fused-ring (bicyclic) bond motifs is 15. The molecule has 8 aromatic rings. The molecule has 2 aliphatic heterocycles. The minimum atomic E-state index is -0.347. The van der Waals surface area contributed by atoms with Crippen LogP contribution in [0.4, 0.5) is 0 Å². The number of aromatic nitrogens is 4. The van der Waals surface area contributed by atoms with Gasteiger partial charge in [0.1, 0.15) is 5.65 Å². The monoisotopic (exact) mass is 650 g/mol. The van der Waals surface area contributed by atoms with Gasteiger partial charge in [0.2, 0.25) is 11.4 Å². The number of hydrogen-bond acceptors (Lipinski definition) is 1. The van der Waals surface area contributed by atoms with Gasteiger partial charge in [-0.15, -0.1) is 0 Å². The summed E-state index contributed by atoms with van der Waals surface area (Å²) in [6.07, 6.45) is 7.14. The van der Waals surface area contributed by atoms with Crippen LogP contribution in [-0.2, 0) is 22.8 Å². The highest BCUT2D eigenvalue weighted by Crippen LogP contribution is 2.52. The normalized spacial score (nSPS) is 20.5. The van der Waals surface area contributed by atoms with E-state index in [2.05, 4.69) is 164 Å². The number of hydrogen-bond donors (Lipinski definition) is 0. The Hall–Kier alpha value is -5.35. The fourth-order valence-electron chi connectivity index (χ4n) is 9.52. The van der Waals surface area contributed by atoms with Crippen LogP contribution in [0.1, 0.15) is 64.3 Å². The largest absolute Gasteiger partial charge is 0.293 e. The van der Waals surface area contributed by atoms with Crippen LogP contribution in [0, 0.1) is 0 Å². The third kappa shape index (κ3) is 3.74. The van der Waals surface area contributed by atoms with Crippen molar-refractivity contribution < 1.29 is 9.13 Å². The lowest BCUT2D eigenvalue weighted by Crippen LogP contribution is -2.69. The van der Waals surface area contributed by atoms with E-state index in [1.165, 1.54) is 71.9 Å². The highest BCUT2D eigenvalue weighted by Gasteiger charge is 2.60. The SMILES string of the molecule is C=C1CC2(C)[n+]3ccccc3-c3cc4c5cc(C(C)(C)C)cc6c7ccccc7n(c4nc3C2(C)CCc2ccccc2-c2cccc[n+]21)c65. The predicted octanol–water partition coefficient (Wildman–Crippen LogP) is 9.93. The number of allylic oxidation sites excluding steroid dienone is 1. The Morgan fingerprint density at radius 3 is 2.26 bits per heavy atom. The molecule has 0 saturated heterocycles. The van der Waals surface area contributed by atoms with Crippen LogP contribution < -0.4 is 9.13 Å². The van der Waals surface area contributed by atoms with Gasteiger partial charge in [-0.3, -0.25) is 4.40 Å². The number of para-hydroxylation sites is 1. The topological polar surface area (TPSA) is 25.1 Å².